The van der Waals surface area contributed by atoms with E-state index in [0.29, 0.717) is 6.42 Å². The topological polar surface area (TPSA) is 110 Å². The number of carbonyl (C=O) groups is 2. The van der Waals surface area contributed by atoms with E-state index in [4.69, 9.17) is 9.47 Å². The van der Waals surface area contributed by atoms with Crippen molar-refractivity contribution < 1.29 is 61.6 Å². The molecular formula is C56H97NaO7S. The summed E-state index contributed by atoms with van der Waals surface area (Å²) in [5.74, 6) is -2.01. The van der Waals surface area contributed by atoms with E-state index < -0.39 is 32.5 Å². The van der Waals surface area contributed by atoms with Gasteiger partial charge < -0.3 is 14.0 Å². The van der Waals surface area contributed by atoms with E-state index in [-0.39, 0.29) is 35.1 Å². The summed E-state index contributed by atoms with van der Waals surface area (Å²) in [6.45, 7) is 4.55. The van der Waals surface area contributed by atoms with Gasteiger partial charge in [0.1, 0.15) is 10.1 Å². The van der Waals surface area contributed by atoms with E-state index in [2.05, 4.69) is 13.8 Å². The van der Waals surface area contributed by atoms with Gasteiger partial charge in [-0.2, -0.15) is 0 Å². The van der Waals surface area contributed by atoms with Gasteiger partial charge in [-0.15, -0.1) is 0 Å². The van der Waals surface area contributed by atoms with Gasteiger partial charge in [0.15, 0.2) is 0 Å². The standard InChI is InChI=1S/C56H98O7S.Na/c1-3-5-7-9-11-13-15-17-19-21-23-25-27-29-31-33-35-37-39-41-43-45-50-62-55(57)52-48-47-49-53(64(59,60)61)54(52)56(58)63-51-46-44-42-40-38-36-34-32-30-28-26-24-22-20-18-16-14-12-10-8-6-4-2;/h45-51H,3-44H2,1-2H3,(H,59,60,61);/q;+1/p-1/b50-45+,51-46+;. The van der Waals surface area contributed by atoms with Gasteiger partial charge in [-0.1, -0.05) is 264 Å². The first kappa shape index (κ1) is 63.5. The Morgan fingerprint density at radius 2 is 0.692 bits per heavy atom. The molecule has 0 atom stereocenters. The molecule has 0 saturated carbocycles. The average molecular weight is 937 g/mol. The molecule has 0 bridgehead atoms. The number of hydrogen-bond donors (Lipinski definition) is 0. The SMILES string of the molecule is CCCCCCCCCCCCCCCCCCCCCC/C=C/OC(=O)c1cccc(S(=O)(=O)[O-])c1C(=O)O/C=C/CCCCCCCCCCCCCCCCCCCCCC.[Na+]. The first-order chi connectivity index (χ1) is 31.3. The fraction of sp³-hybridized carbons (Fsp3) is 0.786. The van der Waals surface area contributed by atoms with Gasteiger partial charge in [0, 0.05) is 0 Å². The van der Waals surface area contributed by atoms with Crippen LogP contribution in [0.5, 0.6) is 0 Å². The quantitative estimate of drug-likeness (QED) is 0.0210. The number of esters is 2. The predicted molar refractivity (Wildman–Crippen MR) is 269 cm³/mol. The number of hydrogen-bond acceptors (Lipinski definition) is 7. The maximum Gasteiger partial charge on any atom is 1.00 e. The maximum absolute atomic E-state index is 13.0. The van der Waals surface area contributed by atoms with Crippen LogP contribution < -0.4 is 29.6 Å². The van der Waals surface area contributed by atoms with Gasteiger partial charge in [-0.05, 0) is 50.0 Å². The molecule has 0 aliphatic rings. The van der Waals surface area contributed by atoms with E-state index in [0.717, 1.165) is 38.2 Å². The smallest absolute Gasteiger partial charge is 0.744 e. The van der Waals surface area contributed by atoms with Crippen molar-refractivity contribution in [2.24, 2.45) is 0 Å². The first-order valence-corrected chi connectivity index (χ1v) is 28.5. The minimum Gasteiger partial charge on any atom is -0.744 e. The van der Waals surface area contributed by atoms with Crippen molar-refractivity contribution in [1.82, 2.24) is 0 Å². The second-order valence-electron chi connectivity index (χ2n) is 18.7. The van der Waals surface area contributed by atoms with Crippen LogP contribution in [0.15, 0.2) is 47.8 Å². The Bertz CT molecular complexity index is 1410. The number of allylic oxidation sites excluding steroid dienone is 2. The molecule has 0 fully saturated rings. The molecule has 0 spiro atoms. The monoisotopic (exact) mass is 937 g/mol. The van der Waals surface area contributed by atoms with Gasteiger partial charge in [0.2, 0.25) is 0 Å². The number of rotatable bonds is 47. The van der Waals surface area contributed by atoms with Crippen molar-refractivity contribution >= 4 is 22.1 Å². The fourth-order valence-corrected chi connectivity index (χ4v) is 9.32. The van der Waals surface area contributed by atoms with E-state index >= 15 is 0 Å². The van der Waals surface area contributed by atoms with Crippen LogP contribution in [-0.4, -0.2) is 24.9 Å². The second kappa shape index (κ2) is 47.6. The minimum absolute atomic E-state index is 0. The zero-order chi connectivity index (χ0) is 46.4. The van der Waals surface area contributed by atoms with E-state index in [1.165, 1.54) is 256 Å². The van der Waals surface area contributed by atoms with Crippen LogP contribution >= 0.6 is 0 Å². The molecule has 1 aromatic rings. The third-order valence-electron chi connectivity index (χ3n) is 12.7. The van der Waals surface area contributed by atoms with Crippen molar-refractivity contribution in [1.29, 1.82) is 0 Å². The van der Waals surface area contributed by atoms with Crippen molar-refractivity contribution in [3.8, 4) is 0 Å². The molecule has 0 heterocycles. The Kier molecular flexibility index (Phi) is 46.5. The van der Waals surface area contributed by atoms with E-state index in [1.54, 1.807) is 12.2 Å². The van der Waals surface area contributed by atoms with Gasteiger partial charge in [0.05, 0.1) is 28.5 Å². The molecular weight excluding hydrogens is 840 g/mol. The van der Waals surface area contributed by atoms with Crippen LogP contribution in [0.3, 0.4) is 0 Å². The molecule has 65 heavy (non-hydrogen) atoms. The van der Waals surface area contributed by atoms with Crippen LogP contribution in [0.1, 0.15) is 304 Å². The Labute approximate surface area is 423 Å². The minimum atomic E-state index is -5.06. The van der Waals surface area contributed by atoms with Crippen molar-refractivity contribution in [2.75, 3.05) is 0 Å². The van der Waals surface area contributed by atoms with E-state index in [9.17, 15) is 22.6 Å². The molecule has 1 aromatic carbocycles. The molecule has 0 N–H and O–H groups in total. The Morgan fingerprint density at radius 1 is 0.431 bits per heavy atom. The van der Waals surface area contributed by atoms with Gasteiger partial charge >= 0.3 is 41.5 Å². The molecule has 0 unspecified atom stereocenters. The Balaban J connectivity index is 0.0000410. The summed E-state index contributed by atoms with van der Waals surface area (Å²) in [6.07, 6.45) is 60.5. The number of unbranched alkanes of at least 4 members (excludes halogenated alkanes) is 40. The number of ether oxygens (including phenoxy) is 2. The Hall–Kier alpha value is -1.45. The first-order valence-electron chi connectivity index (χ1n) is 27.1. The zero-order valence-electron chi connectivity index (χ0n) is 42.5. The van der Waals surface area contributed by atoms with Crippen molar-refractivity contribution in [2.45, 2.75) is 288 Å². The van der Waals surface area contributed by atoms with Crippen molar-refractivity contribution in [3.05, 3.63) is 54.0 Å². The molecule has 0 aliphatic carbocycles. The summed E-state index contributed by atoms with van der Waals surface area (Å²) in [6, 6.07) is 3.52. The number of benzene rings is 1. The van der Waals surface area contributed by atoms with Gasteiger partial charge in [0.25, 0.3) is 0 Å². The van der Waals surface area contributed by atoms with Crippen LogP contribution in [0.4, 0.5) is 0 Å². The molecule has 7 nitrogen and oxygen atoms in total. The summed E-state index contributed by atoms with van der Waals surface area (Å²) in [5, 5.41) is 0. The molecule has 0 radical (unpaired) electrons. The summed E-state index contributed by atoms with van der Waals surface area (Å²) < 4.78 is 46.5. The van der Waals surface area contributed by atoms with Crippen LogP contribution in [-0.2, 0) is 19.6 Å². The molecule has 0 aromatic heterocycles. The molecule has 1 rings (SSSR count). The molecule has 9 heteroatoms. The van der Waals surface area contributed by atoms with E-state index in [1.807, 2.05) is 0 Å². The Morgan fingerprint density at radius 3 is 0.969 bits per heavy atom. The van der Waals surface area contributed by atoms with Gasteiger partial charge in [-0.3, -0.25) is 0 Å². The molecule has 0 aliphatic heterocycles. The third-order valence-corrected chi connectivity index (χ3v) is 13.6. The summed E-state index contributed by atoms with van der Waals surface area (Å²) in [7, 11) is -5.06. The average Bonchev–Trinajstić information content (AvgIpc) is 3.28. The third kappa shape index (κ3) is 39.1. The molecule has 370 valence electrons. The normalized spacial score (nSPS) is 11.7. The maximum atomic E-state index is 13.0. The largest absolute Gasteiger partial charge is 1.00 e. The molecule has 0 amide bonds. The van der Waals surface area contributed by atoms with Crippen molar-refractivity contribution in [3.63, 3.8) is 0 Å². The molecule has 0 saturated heterocycles. The van der Waals surface area contributed by atoms with Gasteiger partial charge in [-0.25, -0.2) is 18.0 Å². The summed E-state index contributed by atoms with van der Waals surface area (Å²) in [5.41, 5.74) is -0.929. The zero-order valence-corrected chi connectivity index (χ0v) is 45.3. The fourth-order valence-electron chi connectivity index (χ4n) is 8.63. The van der Waals surface area contributed by atoms with Crippen LogP contribution in [0.25, 0.3) is 0 Å². The number of carbonyl (C=O) groups excluding carboxylic acids is 2. The summed E-state index contributed by atoms with van der Waals surface area (Å²) >= 11 is 0. The van der Waals surface area contributed by atoms with Crippen LogP contribution in [0.2, 0.25) is 0 Å². The second-order valence-corrected chi connectivity index (χ2v) is 20.0. The summed E-state index contributed by atoms with van der Waals surface area (Å²) in [4.78, 5) is 25.2. The van der Waals surface area contributed by atoms with Crippen LogP contribution in [0, 0.1) is 0 Å². The predicted octanol–water partition coefficient (Wildman–Crippen LogP) is 15.4.